The zero-order valence-electron chi connectivity index (χ0n) is 17.6. The molecule has 0 saturated carbocycles. The van der Waals surface area contributed by atoms with Gasteiger partial charge in [-0.25, -0.2) is 19.4 Å². The molecule has 3 unspecified atom stereocenters. The lowest BCUT2D eigenvalue weighted by Gasteiger charge is -2.23. The van der Waals surface area contributed by atoms with Gasteiger partial charge >= 0.3 is 6.03 Å². The number of aromatic nitrogens is 4. The number of carbonyl (C=O) groups is 1. The molecule has 0 aliphatic carbocycles. The van der Waals surface area contributed by atoms with Crippen LogP contribution in [0.3, 0.4) is 0 Å². The van der Waals surface area contributed by atoms with Crippen LogP contribution in [0.2, 0.25) is 0 Å². The first-order valence-corrected chi connectivity index (χ1v) is 10.8. The number of hydrogen-bond acceptors (Lipinski definition) is 6. The number of ether oxygens (including phenoxy) is 1. The van der Waals surface area contributed by atoms with Crippen molar-refractivity contribution >= 4 is 11.8 Å². The highest BCUT2D eigenvalue weighted by Crippen LogP contribution is 2.33. The van der Waals surface area contributed by atoms with E-state index in [1.54, 1.807) is 6.33 Å². The van der Waals surface area contributed by atoms with Crippen LogP contribution in [0.4, 0.5) is 10.6 Å². The van der Waals surface area contributed by atoms with Crippen molar-refractivity contribution in [3.63, 3.8) is 0 Å². The van der Waals surface area contributed by atoms with E-state index in [1.165, 1.54) is 0 Å². The van der Waals surface area contributed by atoms with Crippen LogP contribution in [-0.4, -0.2) is 76.1 Å². The minimum Gasteiger partial charge on any atom is -0.376 e. The SMILES string of the molecule is Cc1cc(C)n(-c2cc(N3CC4CN(C(=O)NCC5CCCO5)CC4C3)ncn2)n1. The van der Waals surface area contributed by atoms with E-state index >= 15 is 0 Å². The van der Waals surface area contributed by atoms with E-state index in [0.717, 1.165) is 68.7 Å². The maximum Gasteiger partial charge on any atom is 0.317 e. The van der Waals surface area contributed by atoms with Crippen molar-refractivity contribution in [2.45, 2.75) is 32.8 Å². The second-order valence-corrected chi connectivity index (χ2v) is 8.72. The third-order valence-electron chi connectivity index (χ3n) is 6.47. The first-order chi connectivity index (χ1) is 14.6. The zero-order valence-corrected chi connectivity index (χ0v) is 17.6. The van der Waals surface area contributed by atoms with E-state index in [9.17, 15) is 4.79 Å². The standard InChI is InChI=1S/C21H29N7O2/c1-14-6-15(2)28(25-14)20-7-19(23-13-24-20)26-9-16-11-27(12-17(16)10-26)21(29)22-8-18-4-3-5-30-18/h6-7,13,16-18H,3-5,8-12H2,1-2H3,(H,22,29). The Morgan fingerprint density at radius 3 is 2.57 bits per heavy atom. The quantitative estimate of drug-likeness (QED) is 0.821. The smallest absolute Gasteiger partial charge is 0.317 e. The van der Waals surface area contributed by atoms with Crippen LogP contribution in [0.1, 0.15) is 24.2 Å². The van der Waals surface area contributed by atoms with Crippen LogP contribution in [0.15, 0.2) is 18.5 Å². The second-order valence-electron chi connectivity index (χ2n) is 8.72. The molecule has 9 nitrogen and oxygen atoms in total. The molecule has 0 bridgehead atoms. The van der Waals surface area contributed by atoms with E-state index in [1.807, 2.05) is 35.6 Å². The van der Waals surface area contributed by atoms with Gasteiger partial charge in [0.05, 0.1) is 11.8 Å². The summed E-state index contributed by atoms with van der Waals surface area (Å²) in [6, 6.07) is 4.09. The molecular weight excluding hydrogens is 382 g/mol. The molecule has 3 fully saturated rings. The van der Waals surface area contributed by atoms with Crippen LogP contribution < -0.4 is 10.2 Å². The van der Waals surface area contributed by atoms with Crippen molar-refractivity contribution in [3.05, 3.63) is 29.8 Å². The molecule has 3 aliphatic rings. The molecule has 3 saturated heterocycles. The Bertz CT molecular complexity index is 910. The molecule has 3 atom stereocenters. The molecule has 2 amide bonds. The summed E-state index contributed by atoms with van der Waals surface area (Å²) in [4.78, 5) is 25.7. The van der Waals surface area contributed by atoms with Crippen molar-refractivity contribution in [1.29, 1.82) is 0 Å². The van der Waals surface area contributed by atoms with Crippen LogP contribution in [0.5, 0.6) is 0 Å². The van der Waals surface area contributed by atoms with E-state index in [2.05, 4.69) is 25.3 Å². The Morgan fingerprint density at radius 2 is 1.90 bits per heavy atom. The number of carbonyl (C=O) groups excluding carboxylic acids is 1. The van der Waals surface area contributed by atoms with Crippen LogP contribution in [0, 0.1) is 25.7 Å². The summed E-state index contributed by atoms with van der Waals surface area (Å²) in [7, 11) is 0. The van der Waals surface area contributed by atoms with Gasteiger partial charge in [-0.2, -0.15) is 5.10 Å². The number of nitrogens with zero attached hydrogens (tertiary/aromatic N) is 6. The lowest BCUT2D eigenvalue weighted by atomic mass is 10.0. The molecule has 0 spiro atoms. The fraction of sp³-hybridized carbons (Fsp3) is 0.619. The number of rotatable bonds is 4. The minimum absolute atomic E-state index is 0.0419. The Hall–Kier alpha value is -2.68. The molecule has 30 heavy (non-hydrogen) atoms. The summed E-state index contributed by atoms with van der Waals surface area (Å²) < 4.78 is 7.45. The van der Waals surface area contributed by atoms with Crippen molar-refractivity contribution in [2.75, 3.05) is 44.2 Å². The van der Waals surface area contributed by atoms with Gasteiger partial charge < -0.3 is 19.9 Å². The van der Waals surface area contributed by atoms with Crippen molar-refractivity contribution in [3.8, 4) is 5.82 Å². The molecule has 3 aliphatic heterocycles. The van der Waals surface area contributed by atoms with Gasteiger partial charge in [-0.3, -0.25) is 0 Å². The lowest BCUT2D eigenvalue weighted by molar-refractivity contribution is 0.109. The summed E-state index contributed by atoms with van der Waals surface area (Å²) in [6.45, 7) is 8.86. The van der Waals surface area contributed by atoms with E-state index in [-0.39, 0.29) is 12.1 Å². The molecule has 160 valence electrons. The summed E-state index contributed by atoms with van der Waals surface area (Å²) in [5, 5.41) is 7.58. The number of anilines is 1. The maximum absolute atomic E-state index is 12.5. The number of aryl methyl sites for hydroxylation is 2. The average molecular weight is 412 g/mol. The largest absolute Gasteiger partial charge is 0.376 e. The highest BCUT2D eigenvalue weighted by Gasteiger charge is 2.42. The first kappa shape index (κ1) is 19.3. The van der Waals surface area contributed by atoms with E-state index in [4.69, 9.17) is 4.74 Å². The molecule has 2 aromatic rings. The van der Waals surface area contributed by atoms with E-state index < -0.39 is 0 Å². The van der Waals surface area contributed by atoms with E-state index in [0.29, 0.717) is 18.4 Å². The Labute approximate surface area is 176 Å². The second kappa shape index (κ2) is 7.86. The monoisotopic (exact) mass is 411 g/mol. The maximum atomic E-state index is 12.5. The van der Waals surface area contributed by atoms with Gasteiger partial charge in [0.2, 0.25) is 0 Å². The molecular formula is C21H29N7O2. The molecule has 5 rings (SSSR count). The number of amides is 2. The number of urea groups is 1. The number of hydrogen-bond donors (Lipinski definition) is 1. The van der Waals surface area contributed by atoms with Gasteiger partial charge in [0.15, 0.2) is 5.82 Å². The average Bonchev–Trinajstić information content (AvgIpc) is 3.50. The zero-order chi connectivity index (χ0) is 20.7. The fourth-order valence-corrected chi connectivity index (χ4v) is 4.95. The third-order valence-corrected chi connectivity index (χ3v) is 6.47. The topological polar surface area (TPSA) is 88.4 Å². The van der Waals surface area contributed by atoms with Gasteiger partial charge in [0, 0.05) is 62.9 Å². The predicted octanol–water partition coefficient (Wildman–Crippen LogP) is 1.54. The highest BCUT2D eigenvalue weighted by atomic mass is 16.5. The molecule has 1 N–H and O–H groups in total. The van der Waals surface area contributed by atoms with Gasteiger partial charge in [-0.05, 0) is 32.8 Å². The first-order valence-electron chi connectivity index (χ1n) is 10.8. The Balaban J connectivity index is 1.19. The summed E-state index contributed by atoms with van der Waals surface area (Å²) in [5.74, 6) is 2.67. The van der Waals surface area contributed by atoms with Crippen LogP contribution >= 0.6 is 0 Å². The van der Waals surface area contributed by atoms with Crippen LogP contribution in [0.25, 0.3) is 5.82 Å². The highest BCUT2D eigenvalue weighted by molar-refractivity contribution is 5.74. The summed E-state index contributed by atoms with van der Waals surface area (Å²) >= 11 is 0. The predicted molar refractivity (Wildman–Crippen MR) is 112 cm³/mol. The number of likely N-dealkylation sites (tertiary alicyclic amines) is 1. The van der Waals surface area contributed by atoms with Gasteiger partial charge in [0.25, 0.3) is 0 Å². The molecule has 2 aromatic heterocycles. The molecule has 9 heteroatoms. The molecule has 0 aromatic carbocycles. The van der Waals surface area contributed by atoms with Gasteiger partial charge in [0.1, 0.15) is 12.1 Å². The molecule has 5 heterocycles. The normalized spacial score (nSPS) is 25.7. The number of fused-ring (bicyclic) bond motifs is 1. The fourth-order valence-electron chi connectivity index (χ4n) is 4.95. The van der Waals surface area contributed by atoms with Gasteiger partial charge in [-0.1, -0.05) is 0 Å². The summed E-state index contributed by atoms with van der Waals surface area (Å²) in [5.41, 5.74) is 2.03. The van der Waals surface area contributed by atoms with Crippen LogP contribution in [-0.2, 0) is 4.74 Å². The van der Waals surface area contributed by atoms with Crippen molar-refractivity contribution in [2.24, 2.45) is 11.8 Å². The lowest BCUT2D eigenvalue weighted by Crippen LogP contribution is -2.43. The summed E-state index contributed by atoms with van der Waals surface area (Å²) in [6.07, 6.45) is 3.92. The Morgan fingerprint density at radius 1 is 1.13 bits per heavy atom. The molecule has 0 radical (unpaired) electrons. The minimum atomic E-state index is 0.0419. The van der Waals surface area contributed by atoms with Gasteiger partial charge in [-0.15, -0.1) is 0 Å². The third kappa shape index (κ3) is 3.74. The Kier molecular flexibility index (Phi) is 5.06. The number of nitrogens with one attached hydrogen (secondary N) is 1. The van der Waals surface area contributed by atoms with Crippen molar-refractivity contribution in [1.82, 2.24) is 30.0 Å². The van der Waals surface area contributed by atoms with Crippen molar-refractivity contribution < 1.29 is 9.53 Å².